The first-order chi connectivity index (χ1) is 11.1. The van der Waals surface area contributed by atoms with E-state index in [0.717, 1.165) is 15.6 Å². The molecule has 0 aliphatic rings. The van der Waals surface area contributed by atoms with E-state index in [0.29, 0.717) is 19.5 Å². The highest BCUT2D eigenvalue weighted by Gasteiger charge is 2.10. The minimum Gasteiger partial charge on any atom is -0.347 e. The third kappa shape index (κ3) is 3.82. The van der Waals surface area contributed by atoms with Gasteiger partial charge in [-0.2, -0.15) is 0 Å². The van der Waals surface area contributed by atoms with Gasteiger partial charge >= 0.3 is 0 Å². The van der Waals surface area contributed by atoms with E-state index in [4.69, 9.17) is 0 Å². The molecule has 0 radical (unpaired) electrons. The molecule has 0 atom stereocenters. The highest BCUT2D eigenvalue weighted by atomic mass is 79.9. The summed E-state index contributed by atoms with van der Waals surface area (Å²) in [7, 11) is 1.86. The van der Waals surface area contributed by atoms with Gasteiger partial charge in [0.1, 0.15) is 0 Å². The average molecular weight is 371 g/mol. The molecule has 0 fully saturated rings. The zero-order valence-corrected chi connectivity index (χ0v) is 14.7. The maximum atomic E-state index is 12.3. The second-order valence-corrected chi connectivity index (χ2v) is 6.61. The Hall–Kier alpha value is -2.07. The standard InChI is InChI=1S/C19H19BrN2O/c1-21(14-15-5-3-2-4-6-15)19(23)10-12-22-11-9-16-13-17(20)7-8-18(16)22/h2-9,11,13H,10,12,14H2,1H3. The summed E-state index contributed by atoms with van der Waals surface area (Å²) < 4.78 is 3.21. The van der Waals surface area contributed by atoms with Gasteiger partial charge in [-0.3, -0.25) is 4.79 Å². The number of hydrogen-bond donors (Lipinski definition) is 0. The zero-order chi connectivity index (χ0) is 16.2. The number of amides is 1. The van der Waals surface area contributed by atoms with E-state index >= 15 is 0 Å². The number of carbonyl (C=O) groups is 1. The summed E-state index contributed by atoms with van der Waals surface area (Å²) in [5.41, 5.74) is 2.31. The van der Waals surface area contributed by atoms with E-state index in [1.807, 2.05) is 49.6 Å². The van der Waals surface area contributed by atoms with E-state index in [1.54, 1.807) is 4.90 Å². The molecular formula is C19H19BrN2O. The van der Waals surface area contributed by atoms with Crippen molar-refractivity contribution in [1.29, 1.82) is 0 Å². The second-order valence-electron chi connectivity index (χ2n) is 5.70. The number of hydrogen-bond acceptors (Lipinski definition) is 1. The molecule has 0 saturated heterocycles. The number of halogens is 1. The van der Waals surface area contributed by atoms with Crippen LogP contribution in [0.3, 0.4) is 0 Å². The number of aromatic nitrogens is 1. The van der Waals surface area contributed by atoms with Crippen molar-refractivity contribution in [3.63, 3.8) is 0 Å². The number of nitrogens with zero attached hydrogens (tertiary/aromatic N) is 2. The second kappa shape index (κ2) is 7.01. The van der Waals surface area contributed by atoms with Crippen molar-refractivity contribution < 1.29 is 4.79 Å². The molecule has 0 aliphatic heterocycles. The number of carbonyl (C=O) groups excluding carboxylic acids is 1. The van der Waals surface area contributed by atoms with Crippen molar-refractivity contribution in [2.75, 3.05) is 7.05 Å². The van der Waals surface area contributed by atoms with Crippen LogP contribution in [0.1, 0.15) is 12.0 Å². The molecular weight excluding hydrogens is 352 g/mol. The van der Waals surface area contributed by atoms with Crippen molar-refractivity contribution in [3.8, 4) is 0 Å². The summed E-state index contributed by atoms with van der Waals surface area (Å²) in [6.45, 7) is 1.35. The van der Waals surface area contributed by atoms with Crippen LogP contribution in [0, 0.1) is 0 Å². The Bertz CT molecular complexity index is 811. The number of benzene rings is 2. The van der Waals surface area contributed by atoms with Gasteiger partial charge in [-0.1, -0.05) is 46.3 Å². The molecule has 0 saturated carbocycles. The molecule has 3 aromatic rings. The number of rotatable bonds is 5. The van der Waals surface area contributed by atoms with Crippen LogP contribution < -0.4 is 0 Å². The molecule has 0 unspecified atom stereocenters. The topological polar surface area (TPSA) is 25.2 Å². The van der Waals surface area contributed by atoms with Crippen LogP contribution in [-0.2, 0) is 17.9 Å². The normalized spacial score (nSPS) is 10.9. The smallest absolute Gasteiger partial charge is 0.224 e. The Morgan fingerprint density at radius 1 is 1.13 bits per heavy atom. The molecule has 0 spiro atoms. The fourth-order valence-corrected chi connectivity index (χ4v) is 3.10. The van der Waals surface area contributed by atoms with Crippen LogP contribution in [0.15, 0.2) is 65.3 Å². The first-order valence-electron chi connectivity index (χ1n) is 7.66. The van der Waals surface area contributed by atoms with Gasteiger partial charge in [0.25, 0.3) is 0 Å². The number of fused-ring (bicyclic) bond motifs is 1. The molecule has 2 aromatic carbocycles. The molecule has 0 bridgehead atoms. The van der Waals surface area contributed by atoms with Crippen molar-refractivity contribution in [3.05, 3.63) is 70.8 Å². The Kier molecular flexibility index (Phi) is 4.82. The molecule has 0 aliphatic carbocycles. The van der Waals surface area contributed by atoms with Gasteiger partial charge in [-0.25, -0.2) is 0 Å². The summed E-state index contributed by atoms with van der Waals surface area (Å²) in [6, 6.07) is 18.4. The molecule has 118 valence electrons. The lowest BCUT2D eigenvalue weighted by molar-refractivity contribution is -0.130. The van der Waals surface area contributed by atoms with Gasteiger partial charge in [0, 0.05) is 48.1 Å². The summed E-state index contributed by atoms with van der Waals surface area (Å²) in [6.07, 6.45) is 2.55. The van der Waals surface area contributed by atoms with E-state index < -0.39 is 0 Å². The van der Waals surface area contributed by atoms with Gasteiger partial charge in [-0.15, -0.1) is 0 Å². The predicted molar refractivity (Wildman–Crippen MR) is 97.2 cm³/mol. The fraction of sp³-hybridized carbons (Fsp3) is 0.211. The van der Waals surface area contributed by atoms with E-state index in [1.165, 1.54) is 5.39 Å². The van der Waals surface area contributed by atoms with Crippen molar-refractivity contribution in [2.24, 2.45) is 0 Å². The minimum atomic E-state index is 0.160. The highest BCUT2D eigenvalue weighted by Crippen LogP contribution is 2.21. The molecule has 3 rings (SSSR count). The van der Waals surface area contributed by atoms with Crippen LogP contribution in [0.5, 0.6) is 0 Å². The van der Waals surface area contributed by atoms with E-state index in [9.17, 15) is 4.79 Å². The fourth-order valence-electron chi connectivity index (χ4n) is 2.72. The van der Waals surface area contributed by atoms with Crippen molar-refractivity contribution in [2.45, 2.75) is 19.5 Å². The van der Waals surface area contributed by atoms with Crippen molar-refractivity contribution in [1.82, 2.24) is 9.47 Å². The van der Waals surface area contributed by atoms with Crippen LogP contribution in [0.4, 0.5) is 0 Å². The maximum Gasteiger partial charge on any atom is 0.224 e. The minimum absolute atomic E-state index is 0.160. The molecule has 1 aromatic heterocycles. The van der Waals surface area contributed by atoms with Crippen LogP contribution in [0.25, 0.3) is 10.9 Å². The summed E-state index contributed by atoms with van der Waals surface area (Å²) in [5.74, 6) is 0.160. The third-order valence-corrected chi connectivity index (χ3v) is 4.48. The summed E-state index contributed by atoms with van der Waals surface area (Å²) in [4.78, 5) is 14.1. The quantitative estimate of drug-likeness (QED) is 0.651. The van der Waals surface area contributed by atoms with Gasteiger partial charge in [0.15, 0.2) is 0 Å². The number of aryl methyl sites for hydroxylation is 1. The summed E-state index contributed by atoms with van der Waals surface area (Å²) >= 11 is 3.48. The Morgan fingerprint density at radius 3 is 2.70 bits per heavy atom. The highest BCUT2D eigenvalue weighted by molar-refractivity contribution is 9.10. The van der Waals surface area contributed by atoms with E-state index in [2.05, 4.69) is 38.7 Å². The van der Waals surface area contributed by atoms with Crippen LogP contribution >= 0.6 is 15.9 Å². The monoisotopic (exact) mass is 370 g/mol. The first-order valence-corrected chi connectivity index (χ1v) is 8.45. The SMILES string of the molecule is CN(Cc1ccccc1)C(=O)CCn1ccc2cc(Br)ccc21. The zero-order valence-electron chi connectivity index (χ0n) is 13.1. The maximum absolute atomic E-state index is 12.3. The lowest BCUT2D eigenvalue weighted by Gasteiger charge is -2.17. The van der Waals surface area contributed by atoms with Crippen molar-refractivity contribution >= 4 is 32.7 Å². The lowest BCUT2D eigenvalue weighted by Crippen LogP contribution is -2.26. The average Bonchev–Trinajstić information content (AvgIpc) is 2.95. The predicted octanol–water partition coefficient (Wildman–Crippen LogP) is 4.45. The lowest BCUT2D eigenvalue weighted by atomic mass is 10.2. The first kappa shape index (κ1) is 15.8. The van der Waals surface area contributed by atoms with Crippen LogP contribution in [0.2, 0.25) is 0 Å². The Morgan fingerprint density at radius 2 is 1.91 bits per heavy atom. The molecule has 23 heavy (non-hydrogen) atoms. The van der Waals surface area contributed by atoms with Gasteiger partial charge in [0.05, 0.1) is 0 Å². The Labute approximate surface area is 144 Å². The van der Waals surface area contributed by atoms with Crippen LogP contribution in [-0.4, -0.2) is 22.4 Å². The molecule has 1 heterocycles. The largest absolute Gasteiger partial charge is 0.347 e. The molecule has 0 N–H and O–H groups in total. The van der Waals surface area contributed by atoms with E-state index in [-0.39, 0.29) is 5.91 Å². The third-order valence-electron chi connectivity index (χ3n) is 3.99. The molecule has 3 nitrogen and oxygen atoms in total. The van der Waals surface area contributed by atoms with Gasteiger partial charge < -0.3 is 9.47 Å². The van der Waals surface area contributed by atoms with Gasteiger partial charge in [-0.05, 0) is 29.8 Å². The summed E-state index contributed by atoms with van der Waals surface area (Å²) in [5, 5.41) is 1.18. The molecule has 1 amide bonds. The molecule has 4 heteroatoms. The van der Waals surface area contributed by atoms with Gasteiger partial charge in [0.2, 0.25) is 5.91 Å². The Balaban J connectivity index is 1.61.